The molecular formula is C13H16BrNO4. The summed E-state index contributed by atoms with van der Waals surface area (Å²) in [5, 5.41) is 11.6. The monoisotopic (exact) mass is 329 g/mol. The normalized spacial score (nSPS) is 11.9. The van der Waals surface area contributed by atoms with Crippen molar-refractivity contribution in [3.05, 3.63) is 34.3 Å². The predicted molar refractivity (Wildman–Crippen MR) is 73.9 cm³/mol. The first-order valence-corrected chi connectivity index (χ1v) is 6.66. The summed E-state index contributed by atoms with van der Waals surface area (Å²) >= 11 is 3.32. The van der Waals surface area contributed by atoms with Crippen LogP contribution in [0.25, 0.3) is 0 Å². The van der Waals surface area contributed by atoms with E-state index in [1.165, 1.54) is 0 Å². The van der Waals surface area contributed by atoms with Crippen LogP contribution >= 0.6 is 15.9 Å². The van der Waals surface area contributed by atoms with Gasteiger partial charge in [-0.15, -0.1) is 0 Å². The minimum atomic E-state index is -1.06. The second-order valence-corrected chi connectivity index (χ2v) is 4.85. The van der Waals surface area contributed by atoms with Crippen molar-refractivity contribution in [3.8, 4) is 0 Å². The quantitative estimate of drug-likeness (QED) is 0.796. The Bertz CT molecular complexity index is 450. The molecule has 0 fully saturated rings. The Morgan fingerprint density at radius 3 is 2.79 bits per heavy atom. The molecule has 1 amide bonds. The fourth-order valence-corrected chi connectivity index (χ4v) is 1.98. The maximum atomic E-state index is 11.5. The molecular weight excluding hydrogens is 314 g/mol. The van der Waals surface area contributed by atoms with Crippen molar-refractivity contribution in [1.82, 2.24) is 5.32 Å². The van der Waals surface area contributed by atoms with E-state index in [4.69, 9.17) is 9.84 Å². The lowest BCUT2D eigenvalue weighted by molar-refractivity contribution is -0.142. The van der Waals surface area contributed by atoms with Gasteiger partial charge < -0.3 is 15.2 Å². The van der Waals surface area contributed by atoms with Gasteiger partial charge in [-0.1, -0.05) is 28.1 Å². The highest BCUT2D eigenvalue weighted by molar-refractivity contribution is 9.10. The number of carbonyl (C=O) groups is 2. The van der Waals surface area contributed by atoms with Gasteiger partial charge in [-0.05, 0) is 24.6 Å². The second kappa shape index (κ2) is 7.91. The minimum absolute atomic E-state index is 0.126. The van der Waals surface area contributed by atoms with Crippen LogP contribution in [0.15, 0.2) is 28.7 Å². The van der Waals surface area contributed by atoms with Crippen molar-refractivity contribution in [1.29, 1.82) is 0 Å². The fourth-order valence-electron chi connectivity index (χ4n) is 1.53. The average Bonchev–Trinajstić information content (AvgIpc) is 2.35. The molecule has 0 bridgehead atoms. The number of halogens is 1. The number of carboxylic acids is 1. The number of carboxylic acid groups (broad SMARTS) is 1. The van der Waals surface area contributed by atoms with Crippen LogP contribution in [0.2, 0.25) is 0 Å². The van der Waals surface area contributed by atoms with Crippen LogP contribution < -0.4 is 5.32 Å². The SMILES string of the molecule is CCOCC(=O)N[C@@H](Cc1cccc(Br)c1)C(=O)O. The van der Waals surface area contributed by atoms with E-state index in [1.54, 1.807) is 6.92 Å². The summed E-state index contributed by atoms with van der Waals surface area (Å²) in [7, 11) is 0. The Kier molecular flexibility index (Phi) is 6.52. The van der Waals surface area contributed by atoms with Crippen LogP contribution in [0, 0.1) is 0 Å². The number of amides is 1. The Morgan fingerprint density at radius 1 is 1.47 bits per heavy atom. The predicted octanol–water partition coefficient (Wildman–Crippen LogP) is 1.60. The van der Waals surface area contributed by atoms with Crippen molar-refractivity contribution < 1.29 is 19.4 Å². The lowest BCUT2D eigenvalue weighted by atomic mass is 10.1. The Balaban J connectivity index is 2.63. The molecule has 6 heteroatoms. The number of aliphatic carboxylic acids is 1. The summed E-state index contributed by atoms with van der Waals surface area (Å²) in [4.78, 5) is 22.6. The first kappa shape index (κ1) is 15.7. The molecule has 0 aliphatic rings. The maximum absolute atomic E-state index is 11.5. The van der Waals surface area contributed by atoms with Gasteiger partial charge in [0.1, 0.15) is 12.6 Å². The van der Waals surface area contributed by atoms with E-state index in [-0.39, 0.29) is 13.0 Å². The molecule has 0 saturated heterocycles. The molecule has 0 aliphatic carbocycles. The molecule has 1 aromatic rings. The molecule has 0 unspecified atom stereocenters. The van der Waals surface area contributed by atoms with Gasteiger partial charge in [0.2, 0.25) is 5.91 Å². The molecule has 0 spiro atoms. The van der Waals surface area contributed by atoms with Crippen LogP contribution in [-0.2, 0) is 20.7 Å². The summed E-state index contributed by atoms with van der Waals surface area (Å²) in [6.07, 6.45) is 0.229. The van der Waals surface area contributed by atoms with E-state index < -0.39 is 17.9 Å². The summed E-state index contributed by atoms with van der Waals surface area (Å²) in [5.74, 6) is -1.49. The summed E-state index contributed by atoms with van der Waals surface area (Å²) < 4.78 is 5.80. The fraction of sp³-hybridized carbons (Fsp3) is 0.385. The van der Waals surface area contributed by atoms with Crippen molar-refractivity contribution >= 4 is 27.8 Å². The zero-order valence-corrected chi connectivity index (χ0v) is 12.1. The zero-order chi connectivity index (χ0) is 14.3. The third-order valence-electron chi connectivity index (χ3n) is 2.40. The van der Waals surface area contributed by atoms with E-state index in [9.17, 15) is 9.59 Å². The van der Waals surface area contributed by atoms with Gasteiger partial charge in [-0.3, -0.25) is 4.79 Å². The first-order chi connectivity index (χ1) is 9.02. The van der Waals surface area contributed by atoms with Gasteiger partial charge in [0, 0.05) is 17.5 Å². The number of nitrogens with one attached hydrogen (secondary N) is 1. The van der Waals surface area contributed by atoms with Crippen LogP contribution in [0.1, 0.15) is 12.5 Å². The number of ether oxygens (including phenoxy) is 1. The lowest BCUT2D eigenvalue weighted by Crippen LogP contribution is -2.43. The Hall–Kier alpha value is -1.40. The molecule has 0 heterocycles. The summed E-state index contributed by atoms with van der Waals surface area (Å²) in [6, 6.07) is 6.36. The second-order valence-electron chi connectivity index (χ2n) is 3.93. The smallest absolute Gasteiger partial charge is 0.326 e. The van der Waals surface area contributed by atoms with Crippen LogP contribution in [-0.4, -0.2) is 36.2 Å². The van der Waals surface area contributed by atoms with E-state index in [0.29, 0.717) is 6.61 Å². The van der Waals surface area contributed by atoms with E-state index in [2.05, 4.69) is 21.2 Å². The van der Waals surface area contributed by atoms with Crippen molar-refractivity contribution in [3.63, 3.8) is 0 Å². The highest BCUT2D eigenvalue weighted by Crippen LogP contribution is 2.13. The van der Waals surface area contributed by atoms with Gasteiger partial charge in [-0.2, -0.15) is 0 Å². The summed E-state index contributed by atoms with van der Waals surface area (Å²) in [6.45, 7) is 2.05. The van der Waals surface area contributed by atoms with Gasteiger partial charge in [-0.25, -0.2) is 4.79 Å². The third kappa shape index (κ3) is 5.85. The molecule has 0 aromatic heterocycles. The molecule has 0 aliphatic heterocycles. The number of carbonyl (C=O) groups excluding carboxylic acids is 1. The van der Waals surface area contributed by atoms with Crippen LogP contribution in [0.5, 0.6) is 0 Å². The molecule has 2 N–H and O–H groups in total. The highest BCUT2D eigenvalue weighted by atomic mass is 79.9. The van der Waals surface area contributed by atoms with Gasteiger partial charge in [0.05, 0.1) is 0 Å². The maximum Gasteiger partial charge on any atom is 0.326 e. The number of benzene rings is 1. The number of rotatable bonds is 7. The van der Waals surface area contributed by atoms with Gasteiger partial charge in [0.25, 0.3) is 0 Å². The van der Waals surface area contributed by atoms with E-state index >= 15 is 0 Å². The molecule has 0 saturated carbocycles. The Labute approximate surface area is 120 Å². The largest absolute Gasteiger partial charge is 0.480 e. The zero-order valence-electron chi connectivity index (χ0n) is 10.6. The van der Waals surface area contributed by atoms with Crippen LogP contribution in [0.3, 0.4) is 0 Å². The standard InChI is InChI=1S/C13H16BrNO4/c1-2-19-8-12(16)15-11(13(17)18)7-9-4-3-5-10(14)6-9/h3-6,11H,2,7-8H2,1H3,(H,15,16)(H,17,18)/t11-/m0/s1. The van der Waals surface area contributed by atoms with Crippen molar-refractivity contribution in [2.24, 2.45) is 0 Å². The molecule has 19 heavy (non-hydrogen) atoms. The van der Waals surface area contributed by atoms with E-state index in [1.807, 2.05) is 24.3 Å². The number of hydrogen-bond acceptors (Lipinski definition) is 3. The van der Waals surface area contributed by atoms with Crippen molar-refractivity contribution in [2.75, 3.05) is 13.2 Å². The van der Waals surface area contributed by atoms with Crippen molar-refractivity contribution in [2.45, 2.75) is 19.4 Å². The summed E-state index contributed by atoms with van der Waals surface area (Å²) in [5.41, 5.74) is 0.832. The number of hydrogen-bond donors (Lipinski definition) is 2. The highest BCUT2D eigenvalue weighted by Gasteiger charge is 2.20. The topological polar surface area (TPSA) is 75.6 Å². The average molecular weight is 330 g/mol. The molecule has 5 nitrogen and oxygen atoms in total. The molecule has 0 radical (unpaired) electrons. The van der Waals surface area contributed by atoms with Gasteiger partial charge >= 0.3 is 5.97 Å². The minimum Gasteiger partial charge on any atom is -0.480 e. The Morgan fingerprint density at radius 2 is 2.21 bits per heavy atom. The molecule has 1 rings (SSSR count). The van der Waals surface area contributed by atoms with E-state index in [0.717, 1.165) is 10.0 Å². The third-order valence-corrected chi connectivity index (χ3v) is 2.89. The lowest BCUT2D eigenvalue weighted by Gasteiger charge is -2.14. The van der Waals surface area contributed by atoms with Crippen LogP contribution in [0.4, 0.5) is 0 Å². The first-order valence-electron chi connectivity index (χ1n) is 5.87. The van der Waals surface area contributed by atoms with Gasteiger partial charge in [0.15, 0.2) is 0 Å². The molecule has 1 atom stereocenters. The molecule has 104 valence electrons. The molecule has 1 aromatic carbocycles.